The van der Waals surface area contributed by atoms with Crippen LogP contribution in [0.15, 0.2) is 24.3 Å². The Labute approximate surface area is 127 Å². The van der Waals surface area contributed by atoms with Gasteiger partial charge in [0.15, 0.2) is 0 Å². The number of carbonyl (C=O) groups is 1. The van der Waals surface area contributed by atoms with Crippen LogP contribution in [0.4, 0.5) is 5.69 Å². The summed E-state index contributed by atoms with van der Waals surface area (Å²) in [5.41, 5.74) is 2.09. The minimum Gasteiger partial charge on any atom is -0.396 e. The second-order valence-electron chi connectivity index (χ2n) is 6.19. The number of nitrogens with one attached hydrogen (secondary N) is 1. The van der Waals surface area contributed by atoms with E-state index in [1.54, 1.807) is 0 Å². The van der Waals surface area contributed by atoms with Crippen LogP contribution in [-0.4, -0.2) is 42.2 Å². The van der Waals surface area contributed by atoms with Crippen LogP contribution >= 0.6 is 0 Å². The second kappa shape index (κ2) is 7.57. The Morgan fingerprint density at radius 2 is 2.00 bits per heavy atom. The Bertz CT molecular complexity index is 466. The third-order valence-electron chi connectivity index (χ3n) is 4.19. The smallest absolute Gasteiger partial charge is 0.238 e. The van der Waals surface area contributed by atoms with E-state index >= 15 is 0 Å². The van der Waals surface area contributed by atoms with Gasteiger partial charge in [0.05, 0.1) is 6.54 Å². The minimum absolute atomic E-state index is 0.0468. The summed E-state index contributed by atoms with van der Waals surface area (Å²) < 4.78 is 0. The predicted molar refractivity (Wildman–Crippen MR) is 85.4 cm³/mol. The molecule has 0 aliphatic carbocycles. The standard InChI is InChI=1S/C17H26N2O2/c1-13(2)15-5-3-4-6-16(15)18-17(21)11-19-9-7-14(12-20)8-10-19/h3-6,13-14,20H,7-12H2,1-2H3,(H,18,21). The summed E-state index contributed by atoms with van der Waals surface area (Å²) in [5.74, 6) is 0.846. The molecule has 1 saturated heterocycles. The molecule has 0 atom stereocenters. The number of rotatable bonds is 5. The van der Waals surface area contributed by atoms with E-state index in [1.165, 1.54) is 5.56 Å². The van der Waals surface area contributed by atoms with Crippen molar-refractivity contribution in [1.29, 1.82) is 0 Å². The minimum atomic E-state index is 0.0468. The van der Waals surface area contributed by atoms with E-state index < -0.39 is 0 Å². The second-order valence-corrected chi connectivity index (χ2v) is 6.19. The zero-order valence-corrected chi connectivity index (χ0v) is 13.0. The summed E-state index contributed by atoms with van der Waals surface area (Å²) in [6.07, 6.45) is 1.96. The molecule has 4 nitrogen and oxygen atoms in total. The maximum atomic E-state index is 12.2. The lowest BCUT2D eigenvalue weighted by molar-refractivity contribution is -0.117. The summed E-state index contributed by atoms with van der Waals surface area (Å²) in [7, 11) is 0. The van der Waals surface area contributed by atoms with Crippen LogP contribution in [0.1, 0.15) is 38.2 Å². The van der Waals surface area contributed by atoms with Gasteiger partial charge in [0.25, 0.3) is 0 Å². The molecule has 1 aliphatic heterocycles. The van der Waals surface area contributed by atoms with Crippen LogP contribution < -0.4 is 5.32 Å². The zero-order chi connectivity index (χ0) is 15.2. The molecular formula is C17H26N2O2. The van der Waals surface area contributed by atoms with E-state index in [9.17, 15) is 4.79 Å². The van der Waals surface area contributed by atoms with Crippen molar-refractivity contribution in [3.05, 3.63) is 29.8 Å². The molecule has 2 rings (SSSR count). The highest BCUT2D eigenvalue weighted by Crippen LogP contribution is 2.23. The number of likely N-dealkylation sites (tertiary alicyclic amines) is 1. The van der Waals surface area contributed by atoms with Crippen molar-refractivity contribution in [1.82, 2.24) is 4.90 Å². The molecule has 1 amide bonds. The van der Waals surface area contributed by atoms with Gasteiger partial charge in [-0.15, -0.1) is 0 Å². The van der Waals surface area contributed by atoms with E-state index in [4.69, 9.17) is 5.11 Å². The molecule has 0 unspecified atom stereocenters. The number of para-hydroxylation sites is 1. The fourth-order valence-electron chi connectivity index (χ4n) is 2.83. The first-order valence-corrected chi connectivity index (χ1v) is 7.82. The summed E-state index contributed by atoms with van der Waals surface area (Å²) in [5, 5.41) is 12.2. The SMILES string of the molecule is CC(C)c1ccccc1NC(=O)CN1CCC(CO)CC1. The third-order valence-corrected chi connectivity index (χ3v) is 4.19. The van der Waals surface area contributed by atoms with E-state index in [-0.39, 0.29) is 12.5 Å². The molecule has 0 aromatic heterocycles. The van der Waals surface area contributed by atoms with E-state index in [0.717, 1.165) is 31.6 Å². The number of nitrogens with zero attached hydrogens (tertiary/aromatic N) is 1. The number of hydrogen-bond donors (Lipinski definition) is 2. The van der Waals surface area contributed by atoms with Gasteiger partial charge in [-0.05, 0) is 49.4 Å². The summed E-state index contributed by atoms with van der Waals surface area (Å²) >= 11 is 0. The molecule has 116 valence electrons. The zero-order valence-electron chi connectivity index (χ0n) is 13.0. The van der Waals surface area contributed by atoms with Crippen molar-refractivity contribution in [3.63, 3.8) is 0 Å². The molecule has 0 saturated carbocycles. The fourth-order valence-corrected chi connectivity index (χ4v) is 2.83. The largest absolute Gasteiger partial charge is 0.396 e. The normalized spacial score (nSPS) is 17.1. The monoisotopic (exact) mass is 290 g/mol. The maximum absolute atomic E-state index is 12.2. The lowest BCUT2D eigenvalue weighted by Crippen LogP contribution is -2.39. The molecular weight excluding hydrogens is 264 g/mol. The lowest BCUT2D eigenvalue weighted by atomic mass is 9.98. The number of aliphatic hydroxyl groups excluding tert-OH is 1. The van der Waals surface area contributed by atoms with Gasteiger partial charge in [-0.2, -0.15) is 0 Å². The van der Waals surface area contributed by atoms with Gasteiger partial charge < -0.3 is 10.4 Å². The Morgan fingerprint density at radius 3 is 2.62 bits per heavy atom. The van der Waals surface area contributed by atoms with Crippen LogP contribution in [0.25, 0.3) is 0 Å². The first-order valence-electron chi connectivity index (χ1n) is 7.82. The molecule has 1 aromatic rings. The predicted octanol–water partition coefficient (Wildman–Crippen LogP) is 2.45. The van der Waals surface area contributed by atoms with Gasteiger partial charge in [-0.3, -0.25) is 9.69 Å². The molecule has 21 heavy (non-hydrogen) atoms. The number of piperidine rings is 1. The molecule has 1 aliphatic rings. The number of hydrogen-bond acceptors (Lipinski definition) is 3. The topological polar surface area (TPSA) is 52.6 Å². The number of carbonyl (C=O) groups excluding carboxylic acids is 1. The van der Waals surface area contributed by atoms with Crippen LogP contribution in [0, 0.1) is 5.92 Å². The number of aliphatic hydroxyl groups is 1. The van der Waals surface area contributed by atoms with Crippen LogP contribution in [0.2, 0.25) is 0 Å². The first-order chi connectivity index (χ1) is 10.1. The quantitative estimate of drug-likeness (QED) is 0.876. The van der Waals surface area contributed by atoms with Gasteiger partial charge in [0, 0.05) is 12.3 Å². The Morgan fingerprint density at radius 1 is 1.33 bits per heavy atom. The van der Waals surface area contributed by atoms with Gasteiger partial charge >= 0.3 is 0 Å². The third kappa shape index (κ3) is 4.55. The fraction of sp³-hybridized carbons (Fsp3) is 0.588. The number of benzene rings is 1. The summed E-state index contributed by atoms with van der Waals surface area (Å²) in [6, 6.07) is 7.98. The molecule has 1 heterocycles. The molecule has 1 aromatic carbocycles. The molecule has 0 bridgehead atoms. The molecule has 0 spiro atoms. The first kappa shape index (κ1) is 16.0. The highest BCUT2D eigenvalue weighted by molar-refractivity contribution is 5.93. The van der Waals surface area contributed by atoms with Crippen LogP contribution in [-0.2, 0) is 4.79 Å². The van der Waals surface area contributed by atoms with Crippen LogP contribution in [0.3, 0.4) is 0 Å². The maximum Gasteiger partial charge on any atom is 0.238 e. The van der Waals surface area contributed by atoms with E-state index in [2.05, 4.69) is 30.1 Å². The van der Waals surface area contributed by atoms with E-state index in [1.807, 2.05) is 18.2 Å². The van der Waals surface area contributed by atoms with E-state index in [0.29, 0.717) is 18.4 Å². The number of amides is 1. The van der Waals surface area contributed by atoms with Crippen molar-refractivity contribution in [3.8, 4) is 0 Å². The molecule has 4 heteroatoms. The van der Waals surface area contributed by atoms with Gasteiger partial charge in [-0.25, -0.2) is 0 Å². The molecule has 1 fully saturated rings. The van der Waals surface area contributed by atoms with Crippen LogP contribution in [0.5, 0.6) is 0 Å². The van der Waals surface area contributed by atoms with Crippen molar-refractivity contribution in [2.75, 3.05) is 31.6 Å². The van der Waals surface area contributed by atoms with Crippen molar-refractivity contribution in [2.45, 2.75) is 32.6 Å². The van der Waals surface area contributed by atoms with Gasteiger partial charge in [0.2, 0.25) is 5.91 Å². The van der Waals surface area contributed by atoms with Crippen molar-refractivity contribution < 1.29 is 9.90 Å². The summed E-state index contributed by atoms with van der Waals surface area (Å²) in [6.45, 7) is 6.75. The van der Waals surface area contributed by atoms with Gasteiger partial charge in [0.1, 0.15) is 0 Å². The molecule has 0 radical (unpaired) electrons. The Hall–Kier alpha value is -1.39. The Balaban J connectivity index is 1.88. The highest BCUT2D eigenvalue weighted by Gasteiger charge is 2.20. The average molecular weight is 290 g/mol. The summed E-state index contributed by atoms with van der Waals surface area (Å²) in [4.78, 5) is 14.4. The van der Waals surface area contributed by atoms with Crippen molar-refractivity contribution >= 4 is 11.6 Å². The number of anilines is 1. The highest BCUT2D eigenvalue weighted by atomic mass is 16.3. The Kier molecular flexibility index (Phi) is 5.76. The van der Waals surface area contributed by atoms with Gasteiger partial charge in [-0.1, -0.05) is 32.0 Å². The lowest BCUT2D eigenvalue weighted by Gasteiger charge is -2.30. The van der Waals surface area contributed by atoms with Crippen molar-refractivity contribution in [2.24, 2.45) is 5.92 Å². The molecule has 2 N–H and O–H groups in total. The average Bonchev–Trinajstić information content (AvgIpc) is 2.48.